The third kappa shape index (κ3) is 3.32. The summed E-state index contributed by atoms with van der Waals surface area (Å²) in [7, 11) is 1.43. The van der Waals surface area contributed by atoms with Crippen LogP contribution in [0.25, 0.3) is 0 Å². The van der Waals surface area contributed by atoms with E-state index in [4.69, 9.17) is 4.74 Å². The molecule has 94 valence electrons. The molecule has 2 nitrogen and oxygen atoms in total. The molecule has 0 bridgehead atoms. The van der Waals surface area contributed by atoms with Crippen LogP contribution in [0.5, 0.6) is 0 Å². The van der Waals surface area contributed by atoms with Gasteiger partial charge in [-0.1, -0.05) is 38.1 Å². The average Bonchev–Trinajstić information content (AvgIpc) is 2.27. The Kier molecular flexibility index (Phi) is 4.33. The van der Waals surface area contributed by atoms with E-state index in [0.29, 0.717) is 5.92 Å². The Hall–Kier alpha value is -1.31. The van der Waals surface area contributed by atoms with Crippen molar-refractivity contribution in [2.45, 2.75) is 39.5 Å². The molecule has 0 saturated carbocycles. The number of carbonyl (C=O) groups is 1. The minimum absolute atomic E-state index is 0.200. The van der Waals surface area contributed by atoms with E-state index in [9.17, 15) is 4.79 Å². The standard InChI is InChI=1S/C15H22O2/c1-11(2)10-12-6-8-13(9-7-12)15(3,4)14(16)17-5/h6-9,11H,10H2,1-5H3. The summed E-state index contributed by atoms with van der Waals surface area (Å²) in [5.74, 6) is 0.448. The molecule has 1 rings (SSSR count). The van der Waals surface area contributed by atoms with Gasteiger partial charge in [0.1, 0.15) is 0 Å². The number of hydrogen-bond acceptors (Lipinski definition) is 2. The van der Waals surface area contributed by atoms with Crippen LogP contribution >= 0.6 is 0 Å². The number of ether oxygens (including phenoxy) is 1. The fourth-order valence-electron chi connectivity index (χ4n) is 1.90. The van der Waals surface area contributed by atoms with E-state index in [1.807, 2.05) is 26.0 Å². The molecule has 0 radical (unpaired) electrons. The van der Waals surface area contributed by atoms with E-state index in [0.717, 1.165) is 12.0 Å². The van der Waals surface area contributed by atoms with Gasteiger partial charge in [-0.3, -0.25) is 4.79 Å². The molecule has 0 aromatic heterocycles. The molecule has 0 unspecified atom stereocenters. The van der Waals surface area contributed by atoms with Crippen molar-refractivity contribution in [3.8, 4) is 0 Å². The number of methoxy groups -OCH3 is 1. The zero-order valence-corrected chi connectivity index (χ0v) is 11.4. The lowest BCUT2D eigenvalue weighted by Gasteiger charge is -2.22. The van der Waals surface area contributed by atoms with Crippen molar-refractivity contribution >= 4 is 5.97 Å². The van der Waals surface area contributed by atoms with Crippen molar-refractivity contribution < 1.29 is 9.53 Å². The zero-order valence-electron chi connectivity index (χ0n) is 11.4. The molecule has 1 aromatic rings. The summed E-state index contributed by atoms with van der Waals surface area (Å²) in [4.78, 5) is 11.7. The van der Waals surface area contributed by atoms with E-state index in [2.05, 4.69) is 26.0 Å². The van der Waals surface area contributed by atoms with Crippen molar-refractivity contribution in [3.05, 3.63) is 35.4 Å². The normalized spacial score (nSPS) is 11.6. The molecule has 0 aliphatic heterocycles. The molecule has 0 aliphatic rings. The van der Waals surface area contributed by atoms with Crippen LogP contribution in [0.2, 0.25) is 0 Å². The zero-order chi connectivity index (χ0) is 13.1. The van der Waals surface area contributed by atoms with Crippen LogP contribution < -0.4 is 0 Å². The van der Waals surface area contributed by atoms with Crippen molar-refractivity contribution in [2.24, 2.45) is 5.92 Å². The molecule has 0 amide bonds. The third-order valence-electron chi connectivity index (χ3n) is 3.02. The Morgan fingerprint density at radius 3 is 2.18 bits per heavy atom. The SMILES string of the molecule is COC(=O)C(C)(C)c1ccc(CC(C)C)cc1. The first-order valence-electron chi connectivity index (χ1n) is 6.05. The largest absolute Gasteiger partial charge is 0.468 e. The van der Waals surface area contributed by atoms with Gasteiger partial charge in [-0.15, -0.1) is 0 Å². The summed E-state index contributed by atoms with van der Waals surface area (Å²) in [5.41, 5.74) is 1.73. The smallest absolute Gasteiger partial charge is 0.315 e. The second-order valence-corrected chi connectivity index (χ2v) is 5.41. The summed E-state index contributed by atoms with van der Waals surface area (Å²) in [5, 5.41) is 0. The third-order valence-corrected chi connectivity index (χ3v) is 3.02. The monoisotopic (exact) mass is 234 g/mol. The van der Waals surface area contributed by atoms with Crippen LogP contribution in [-0.2, 0) is 21.4 Å². The number of rotatable bonds is 4. The van der Waals surface area contributed by atoms with Crippen molar-refractivity contribution in [1.29, 1.82) is 0 Å². The van der Waals surface area contributed by atoms with E-state index < -0.39 is 5.41 Å². The van der Waals surface area contributed by atoms with Crippen LogP contribution in [0.3, 0.4) is 0 Å². The van der Waals surface area contributed by atoms with E-state index in [-0.39, 0.29) is 5.97 Å². The van der Waals surface area contributed by atoms with Crippen LogP contribution in [0.4, 0.5) is 0 Å². The topological polar surface area (TPSA) is 26.3 Å². The minimum atomic E-state index is -0.578. The maximum atomic E-state index is 11.7. The summed E-state index contributed by atoms with van der Waals surface area (Å²) in [6.45, 7) is 8.17. The van der Waals surface area contributed by atoms with E-state index in [1.54, 1.807) is 0 Å². The Labute approximate surface area is 104 Å². The van der Waals surface area contributed by atoms with Crippen LogP contribution in [0.1, 0.15) is 38.8 Å². The maximum absolute atomic E-state index is 11.7. The second-order valence-electron chi connectivity index (χ2n) is 5.41. The van der Waals surface area contributed by atoms with Crippen LogP contribution in [0.15, 0.2) is 24.3 Å². The van der Waals surface area contributed by atoms with Gasteiger partial charge in [-0.25, -0.2) is 0 Å². The lowest BCUT2D eigenvalue weighted by Crippen LogP contribution is -2.30. The lowest BCUT2D eigenvalue weighted by atomic mass is 9.84. The van der Waals surface area contributed by atoms with Gasteiger partial charge in [-0.05, 0) is 37.3 Å². The van der Waals surface area contributed by atoms with Crippen molar-refractivity contribution in [3.63, 3.8) is 0 Å². The fourth-order valence-corrected chi connectivity index (χ4v) is 1.90. The van der Waals surface area contributed by atoms with Gasteiger partial charge in [0.2, 0.25) is 0 Å². The molecule has 1 aromatic carbocycles. The van der Waals surface area contributed by atoms with Gasteiger partial charge in [0.05, 0.1) is 12.5 Å². The molecule has 2 heteroatoms. The quantitative estimate of drug-likeness (QED) is 0.747. The molecular weight excluding hydrogens is 212 g/mol. The van der Waals surface area contributed by atoms with Gasteiger partial charge in [0.25, 0.3) is 0 Å². The first-order valence-corrected chi connectivity index (χ1v) is 6.05. The number of carbonyl (C=O) groups excluding carboxylic acids is 1. The van der Waals surface area contributed by atoms with E-state index in [1.165, 1.54) is 12.7 Å². The Morgan fingerprint density at radius 1 is 1.24 bits per heavy atom. The highest BCUT2D eigenvalue weighted by atomic mass is 16.5. The lowest BCUT2D eigenvalue weighted by molar-refractivity contribution is -0.146. The molecule has 0 N–H and O–H groups in total. The summed E-state index contributed by atoms with van der Waals surface area (Å²) in [6.07, 6.45) is 1.07. The Morgan fingerprint density at radius 2 is 1.76 bits per heavy atom. The van der Waals surface area contributed by atoms with Crippen LogP contribution in [-0.4, -0.2) is 13.1 Å². The van der Waals surface area contributed by atoms with Gasteiger partial charge in [0, 0.05) is 0 Å². The van der Waals surface area contributed by atoms with Crippen LogP contribution in [0, 0.1) is 5.92 Å². The Balaban J connectivity index is 2.90. The first-order chi connectivity index (χ1) is 7.87. The van der Waals surface area contributed by atoms with Gasteiger partial charge in [0.15, 0.2) is 0 Å². The second kappa shape index (κ2) is 5.35. The maximum Gasteiger partial charge on any atom is 0.315 e. The number of esters is 1. The molecule has 17 heavy (non-hydrogen) atoms. The molecule has 0 aliphatic carbocycles. The van der Waals surface area contributed by atoms with Gasteiger partial charge < -0.3 is 4.74 Å². The Bertz CT molecular complexity index is 374. The molecule has 0 spiro atoms. The van der Waals surface area contributed by atoms with Crippen molar-refractivity contribution in [2.75, 3.05) is 7.11 Å². The molecule has 0 heterocycles. The van der Waals surface area contributed by atoms with Gasteiger partial charge in [-0.2, -0.15) is 0 Å². The van der Waals surface area contributed by atoms with E-state index >= 15 is 0 Å². The number of benzene rings is 1. The number of hydrogen-bond donors (Lipinski definition) is 0. The van der Waals surface area contributed by atoms with Crippen molar-refractivity contribution in [1.82, 2.24) is 0 Å². The molecular formula is C15H22O2. The minimum Gasteiger partial charge on any atom is -0.468 e. The summed E-state index contributed by atoms with van der Waals surface area (Å²) in [6, 6.07) is 8.24. The molecule has 0 saturated heterocycles. The molecule has 0 atom stereocenters. The highest BCUT2D eigenvalue weighted by Crippen LogP contribution is 2.25. The average molecular weight is 234 g/mol. The summed E-state index contributed by atoms with van der Waals surface area (Å²) < 4.78 is 4.83. The molecule has 0 fully saturated rings. The highest BCUT2D eigenvalue weighted by Gasteiger charge is 2.30. The fraction of sp³-hybridized carbons (Fsp3) is 0.533. The predicted octanol–water partition coefficient (Wildman–Crippen LogP) is 3.34. The van der Waals surface area contributed by atoms with Gasteiger partial charge >= 0.3 is 5.97 Å². The summed E-state index contributed by atoms with van der Waals surface area (Å²) >= 11 is 0. The highest BCUT2D eigenvalue weighted by molar-refractivity contribution is 5.82. The first kappa shape index (κ1) is 13.8. The predicted molar refractivity (Wildman–Crippen MR) is 70.0 cm³/mol.